The summed E-state index contributed by atoms with van der Waals surface area (Å²) in [6, 6.07) is 5.17. The van der Waals surface area contributed by atoms with Gasteiger partial charge < -0.3 is 9.30 Å². The van der Waals surface area contributed by atoms with Crippen LogP contribution < -0.4 is 0 Å². The molecule has 0 radical (unpaired) electrons. The lowest BCUT2D eigenvalue weighted by Crippen LogP contribution is -2.19. The Morgan fingerprint density at radius 1 is 1.23 bits per heavy atom. The van der Waals surface area contributed by atoms with Gasteiger partial charge in [0.05, 0.1) is 18.2 Å². The van der Waals surface area contributed by atoms with Gasteiger partial charge >= 0.3 is 0 Å². The summed E-state index contributed by atoms with van der Waals surface area (Å²) >= 11 is 12.1. The average Bonchev–Trinajstić information content (AvgIpc) is 2.88. The first kappa shape index (κ1) is 16.8. The first-order valence-corrected chi connectivity index (χ1v) is 7.97. The SMILES string of the molecule is CCC(CC)OC(=Nc1cc(Cl)cc(Cl)c1)c1cncn1C. The van der Waals surface area contributed by atoms with Crippen molar-refractivity contribution in [2.75, 3.05) is 0 Å². The van der Waals surface area contributed by atoms with E-state index in [1.807, 2.05) is 11.6 Å². The van der Waals surface area contributed by atoms with Gasteiger partial charge in [0, 0.05) is 17.1 Å². The van der Waals surface area contributed by atoms with Crippen molar-refractivity contribution in [3.8, 4) is 0 Å². The molecule has 22 heavy (non-hydrogen) atoms. The summed E-state index contributed by atoms with van der Waals surface area (Å²) in [5.41, 5.74) is 1.46. The van der Waals surface area contributed by atoms with Gasteiger partial charge in [-0.25, -0.2) is 9.98 Å². The van der Waals surface area contributed by atoms with Crippen molar-refractivity contribution in [1.29, 1.82) is 0 Å². The highest BCUT2D eigenvalue weighted by Crippen LogP contribution is 2.25. The number of nitrogens with zero attached hydrogens (tertiary/aromatic N) is 3. The predicted octanol–water partition coefficient (Wildman–Crippen LogP) is 5.01. The molecule has 0 spiro atoms. The first-order valence-electron chi connectivity index (χ1n) is 7.21. The Bertz CT molecular complexity index is 643. The number of imidazole rings is 1. The van der Waals surface area contributed by atoms with Gasteiger partial charge in [-0.2, -0.15) is 0 Å². The fourth-order valence-electron chi connectivity index (χ4n) is 2.04. The van der Waals surface area contributed by atoms with Gasteiger partial charge in [0.2, 0.25) is 5.90 Å². The minimum atomic E-state index is 0.100. The molecule has 0 N–H and O–H groups in total. The Kier molecular flexibility index (Phi) is 5.86. The molecule has 0 amide bonds. The third-order valence-electron chi connectivity index (χ3n) is 3.30. The lowest BCUT2D eigenvalue weighted by molar-refractivity contribution is 0.179. The molecule has 6 heteroatoms. The van der Waals surface area contributed by atoms with E-state index >= 15 is 0 Å². The molecule has 0 aliphatic rings. The van der Waals surface area contributed by atoms with Crippen molar-refractivity contribution in [3.63, 3.8) is 0 Å². The van der Waals surface area contributed by atoms with Crippen LogP contribution in [0.4, 0.5) is 5.69 Å². The zero-order valence-corrected chi connectivity index (χ0v) is 14.4. The van der Waals surface area contributed by atoms with Gasteiger partial charge in [0.1, 0.15) is 11.8 Å². The highest BCUT2D eigenvalue weighted by molar-refractivity contribution is 6.35. The minimum absolute atomic E-state index is 0.100. The molecule has 0 aliphatic heterocycles. The summed E-state index contributed by atoms with van der Waals surface area (Å²) in [6.45, 7) is 4.18. The van der Waals surface area contributed by atoms with E-state index in [-0.39, 0.29) is 6.10 Å². The van der Waals surface area contributed by atoms with Crippen molar-refractivity contribution in [3.05, 3.63) is 46.5 Å². The van der Waals surface area contributed by atoms with Crippen LogP contribution >= 0.6 is 23.2 Å². The highest BCUT2D eigenvalue weighted by atomic mass is 35.5. The molecule has 0 aliphatic carbocycles. The molecule has 0 atom stereocenters. The fourth-order valence-corrected chi connectivity index (χ4v) is 2.56. The molecule has 1 aromatic heterocycles. The Labute approximate surface area is 140 Å². The first-order chi connectivity index (χ1) is 10.5. The smallest absolute Gasteiger partial charge is 0.240 e. The van der Waals surface area contributed by atoms with E-state index < -0.39 is 0 Å². The van der Waals surface area contributed by atoms with Gasteiger partial charge in [-0.1, -0.05) is 37.0 Å². The van der Waals surface area contributed by atoms with Crippen LogP contribution in [0.5, 0.6) is 0 Å². The number of hydrogen-bond acceptors (Lipinski definition) is 3. The van der Waals surface area contributed by atoms with E-state index in [0.717, 1.165) is 18.5 Å². The van der Waals surface area contributed by atoms with Gasteiger partial charge in [0.15, 0.2) is 0 Å². The van der Waals surface area contributed by atoms with Crippen LogP contribution in [-0.2, 0) is 11.8 Å². The highest BCUT2D eigenvalue weighted by Gasteiger charge is 2.15. The number of aliphatic imine (C=N–C) groups is 1. The van der Waals surface area contributed by atoms with Crippen molar-refractivity contribution >= 4 is 34.8 Å². The van der Waals surface area contributed by atoms with Gasteiger partial charge in [0.25, 0.3) is 0 Å². The van der Waals surface area contributed by atoms with E-state index in [2.05, 4.69) is 23.8 Å². The number of halogens is 2. The maximum absolute atomic E-state index is 6.06. The van der Waals surface area contributed by atoms with Crippen LogP contribution in [0.1, 0.15) is 32.4 Å². The molecular weight excluding hydrogens is 321 g/mol. The summed E-state index contributed by atoms with van der Waals surface area (Å²) in [5.74, 6) is 0.520. The number of benzene rings is 1. The normalized spacial score (nSPS) is 12.0. The van der Waals surface area contributed by atoms with E-state index in [9.17, 15) is 0 Å². The van der Waals surface area contributed by atoms with Crippen LogP contribution in [0.2, 0.25) is 10.0 Å². The Morgan fingerprint density at radius 2 is 1.86 bits per heavy atom. The summed E-state index contributed by atoms with van der Waals surface area (Å²) in [4.78, 5) is 8.71. The van der Waals surface area contributed by atoms with Crippen LogP contribution in [0.3, 0.4) is 0 Å². The molecule has 0 bridgehead atoms. The molecule has 0 saturated heterocycles. The van der Waals surface area contributed by atoms with Crippen molar-refractivity contribution in [2.24, 2.45) is 12.0 Å². The molecular formula is C16H19Cl2N3O. The lowest BCUT2D eigenvalue weighted by Gasteiger charge is -2.17. The van der Waals surface area contributed by atoms with Gasteiger partial charge in [-0.15, -0.1) is 0 Å². The van der Waals surface area contributed by atoms with Crippen molar-refractivity contribution < 1.29 is 4.74 Å². The third kappa shape index (κ3) is 4.24. The monoisotopic (exact) mass is 339 g/mol. The molecule has 2 rings (SSSR count). The van der Waals surface area contributed by atoms with E-state index in [4.69, 9.17) is 27.9 Å². The summed E-state index contributed by atoms with van der Waals surface area (Å²) in [7, 11) is 1.90. The van der Waals surface area contributed by atoms with E-state index in [1.54, 1.807) is 30.7 Å². The number of ether oxygens (including phenoxy) is 1. The number of hydrogen-bond donors (Lipinski definition) is 0. The molecule has 1 heterocycles. The maximum atomic E-state index is 6.06. The standard InChI is InChI=1S/C16H19Cl2N3O/c1-4-14(5-2)22-16(15-9-19-10-21(15)3)20-13-7-11(17)6-12(18)8-13/h6-10,14H,4-5H2,1-3H3. The fraction of sp³-hybridized carbons (Fsp3) is 0.375. The van der Waals surface area contributed by atoms with E-state index in [1.165, 1.54) is 0 Å². The molecule has 0 unspecified atom stereocenters. The zero-order valence-electron chi connectivity index (χ0n) is 12.9. The average molecular weight is 340 g/mol. The molecule has 118 valence electrons. The molecule has 4 nitrogen and oxygen atoms in total. The largest absolute Gasteiger partial charge is 0.473 e. The molecule has 0 fully saturated rings. The van der Waals surface area contributed by atoms with E-state index in [0.29, 0.717) is 21.6 Å². The second-order valence-electron chi connectivity index (χ2n) is 4.99. The summed E-state index contributed by atoms with van der Waals surface area (Å²) in [6.07, 6.45) is 5.36. The topological polar surface area (TPSA) is 39.4 Å². The van der Waals surface area contributed by atoms with Crippen LogP contribution in [0, 0.1) is 0 Å². The minimum Gasteiger partial charge on any atom is -0.473 e. The Hall–Kier alpha value is -1.52. The zero-order chi connectivity index (χ0) is 16.1. The number of aryl methyl sites for hydroxylation is 1. The molecule has 0 saturated carbocycles. The molecule has 2 aromatic rings. The van der Waals surface area contributed by atoms with Crippen molar-refractivity contribution in [2.45, 2.75) is 32.8 Å². The quantitative estimate of drug-likeness (QED) is 0.567. The second-order valence-corrected chi connectivity index (χ2v) is 5.86. The number of aromatic nitrogens is 2. The second kappa shape index (κ2) is 7.65. The van der Waals surface area contributed by atoms with Crippen LogP contribution in [-0.4, -0.2) is 21.6 Å². The van der Waals surface area contributed by atoms with Gasteiger partial charge in [-0.3, -0.25) is 0 Å². The predicted molar refractivity (Wildman–Crippen MR) is 91.3 cm³/mol. The Balaban J connectivity index is 2.43. The Morgan fingerprint density at radius 3 is 2.36 bits per heavy atom. The third-order valence-corrected chi connectivity index (χ3v) is 3.74. The number of rotatable bonds is 5. The van der Waals surface area contributed by atoms with Crippen molar-refractivity contribution in [1.82, 2.24) is 9.55 Å². The van der Waals surface area contributed by atoms with Gasteiger partial charge in [-0.05, 0) is 31.0 Å². The summed E-state index contributed by atoms with van der Waals surface area (Å²) < 4.78 is 7.93. The summed E-state index contributed by atoms with van der Waals surface area (Å²) in [5, 5.41) is 1.08. The lowest BCUT2D eigenvalue weighted by atomic mass is 10.2. The van der Waals surface area contributed by atoms with Crippen LogP contribution in [0.25, 0.3) is 0 Å². The maximum Gasteiger partial charge on any atom is 0.240 e. The van der Waals surface area contributed by atoms with Crippen LogP contribution in [0.15, 0.2) is 35.7 Å². The molecule has 1 aromatic carbocycles.